The zero-order chi connectivity index (χ0) is 15.2. The molecule has 0 amide bonds. The topological polar surface area (TPSA) is 30.5 Å². The first kappa shape index (κ1) is 16.0. The predicted molar refractivity (Wildman–Crippen MR) is 86.6 cm³/mol. The highest BCUT2D eigenvalue weighted by Gasteiger charge is 2.07. The highest BCUT2D eigenvalue weighted by Crippen LogP contribution is 2.28. The van der Waals surface area contributed by atoms with Gasteiger partial charge in [-0.3, -0.25) is 0 Å². The minimum atomic E-state index is 0.342. The monoisotopic (exact) mass is 325 g/mol. The van der Waals surface area contributed by atoms with Crippen LogP contribution in [0.5, 0.6) is 11.5 Å². The fraction of sp³-hybridized carbons (Fsp3) is 0.250. The quantitative estimate of drug-likeness (QED) is 0.858. The largest absolute Gasteiger partial charge is 0.496 e. The van der Waals surface area contributed by atoms with E-state index < -0.39 is 0 Å². The lowest BCUT2D eigenvalue weighted by atomic mass is 10.2. The summed E-state index contributed by atoms with van der Waals surface area (Å²) in [7, 11) is 3.51. The van der Waals surface area contributed by atoms with Crippen molar-refractivity contribution in [1.29, 1.82) is 0 Å². The Morgan fingerprint density at radius 2 is 1.81 bits per heavy atom. The molecule has 0 aliphatic heterocycles. The van der Waals surface area contributed by atoms with Gasteiger partial charge in [0.25, 0.3) is 0 Å². The molecule has 0 aromatic heterocycles. The Morgan fingerprint density at radius 3 is 2.48 bits per heavy atom. The van der Waals surface area contributed by atoms with E-state index >= 15 is 0 Å². The van der Waals surface area contributed by atoms with Crippen molar-refractivity contribution in [3.05, 3.63) is 57.6 Å². The third kappa shape index (κ3) is 4.27. The lowest BCUT2D eigenvalue weighted by Crippen LogP contribution is -2.05. The van der Waals surface area contributed by atoms with Gasteiger partial charge in [0, 0.05) is 17.1 Å². The molecule has 0 saturated heterocycles. The number of hydrogen-bond donors (Lipinski definition) is 1. The minimum Gasteiger partial charge on any atom is -0.496 e. The summed E-state index contributed by atoms with van der Waals surface area (Å²) in [5.41, 5.74) is 1.98. The lowest BCUT2D eigenvalue weighted by Gasteiger charge is -2.12. The van der Waals surface area contributed by atoms with Gasteiger partial charge in [-0.1, -0.05) is 29.3 Å². The molecule has 0 spiro atoms. The molecule has 112 valence electrons. The molecule has 0 aliphatic carbocycles. The predicted octanol–water partition coefficient (Wildman–Crippen LogP) is 4.30. The van der Waals surface area contributed by atoms with Crippen LogP contribution in [0, 0.1) is 0 Å². The summed E-state index contributed by atoms with van der Waals surface area (Å²) in [5.74, 6) is 1.38. The van der Waals surface area contributed by atoms with E-state index in [1.807, 2.05) is 37.4 Å². The van der Waals surface area contributed by atoms with E-state index in [0.29, 0.717) is 22.4 Å². The summed E-state index contributed by atoms with van der Waals surface area (Å²) in [4.78, 5) is 0. The number of rotatable bonds is 6. The lowest BCUT2D eigenvalue weighted by molar-refractivity contribution is 0.297. The molecule has 0 aliphatic rings. The summed E-state index contributed by atoms with van der Waals surface area (Å²) in [6, 6.07) is 11.2. The Bertz CT molecular complexity index is 617. The zero-order valence-corrected chi connectivity index (χ0v) is 13.5. The molecule has 0 bridgehead atoms. The van der Waals surface area contributed by atoms with Crippen molar-refractivity contribution in [2.75, 3.05) is 14.2 Å². The second-order valence-electron chi connectivity index (χ2n) is 4.54. The minimum absolute atomic E-state index is 0.342. The molecule has 2 aromatic rings. The maximum absolute atomic E-state index is 6.23. The maximum atomic E-state index is 6.23. The number of hydrogen-bond acceptors (Lipinski definition) is 3. The van der Waals surface area contributed by atoms with E-state index in [0.717, 1.165) is 23.4 Å². The van der Waals surface area contributed by atoms with Crippen LogP contribution >= 0.6 is 23.2 Å². The Kier molecular flexibility index (Phi) is 5.74. The highest BCUT2D eigenvalue weighted by atomic mass is 35.5. The molecular weight excluding hydrogens is 309 g/mol. The Labute approximate surface area is 134 Å². The van der Waals surface area contributed by atoms with Crippen LogP contribution in [0.4, 0.5) is 0 Å². The van der Waals surface area contributed by atoms with Crippen LogP contribution in [0.1, 0.15) is 11.1 Å². The first-order chi connectivity index (χ1) is 10.1. The van der Waals surface area contributed by atoms with Crippen LogP contribution in [0.2, 0.25) is 10.0 Å². The Balaban J connectivity index is 2.11. The van der Waals surface area contributed by atoms with E-state index in [2.05, 4.69) is 5.32 Å². The summed E-state index contributed by atoms with van der Waals surface area (Å²) in [5, 5.41) is 4.31. The summed E-state index contributed by atoms with van der Waals surface area (Å²) < 4.78 is 11.1. The van der Waals surface area contributed by atoms with Crippen molar-refractivity contribution in [2.45, 2.75) is 13.2 Å². The van der Waals surface area contributed by atoms with Crippen molar-refractivity contribution < 1.29 is 9.47 Å². The van der Waals surface area contributed by atoms with E-state index in [1.165, 1.54) is 0 Å². The Morgan fingerprint density at radius 1 is 1.05 bits per heavy atom. The highest BCUT2D eigenvalue weighted by molar-refractivity contribution is 6.32. The van der Waals surface area contributed by atoms with Gasteiger partial charge in [-0.05, 0) is 42.9 Å². The van der Waals surface area contributed by atoms with Crippen LogP contribution in [-0.4, -0.2) is 14.2 Å². The van der Waals surface area contributed by atoms with Gasteiger partial charge in [0.15, 0.2) is 0 Å². The van der Waals surface area contributed by atoms with Gasteiger partial charge in [0.1, 0.15) is 18.1 Å². The van der Waals surface area contributed by atoms with E-state index in [-0.39, 0.29) is 0 Å². The molecule has 0 atom stereocenters. The SMILES string of the molecule is CNCc1ccc(OCc2cc(Cl)ccc2OC)c(Cl)c1. The molecule has 0 unspecified atom stereocenters. The van der Waals surface area contributed by atoms with Gasteiger partial charge in [0.2, 0.25) is 0 Å². The number of benzene rings is 2. The van der Waals surface area contributed by atoms with Crippen LogP contribution in [0.25, 0.3) is 0 Å². The number of ether oxygens (including phenoxy) is 2. The van der Waals surface area contributed by atoms with Gasteiger partial charge in [-0.2, -0.15) is 0 Å². The second-order valence-corrected chi connectivity index (χ2v) is 5.38. The Hall–Kier alpha value is -1.42. The van der Waals surface area contributed by atoms with Crippen LogP contribution in [0.3, 0.4) is 0 Å². The summed E-state index contributed by atoms with van der Waals surface area (Å²) in [6.07, 6.45) is 0. The molecule has 0 heterocycles. The fourth-order valence-electron chi connectivity index (χ4n) is 1.99. The number of nitrogens with one attached hydrogen (secondary N) is 1. The van der Waals surface area contributed by atoms with E-state index in [4.69, 9.17) is 32.7 Å². The van der Waals surface area contributed by atoms with Gasteiger partial charge in [-0.25, -0.2) is 0 Å². The second kappa shape index (κ2) is 7.55. The zero-order valence-electron chi connectivity index (χ0n) is 12.0. The molecule has 0 saturated carbocycles. The van der Waals surface area contributed by atoms with Gasteiger partial charge < -0.3 is 14.8 Å². The molecule has 5 heteroatoms. The standard InChI is InChI=1S/C16H17Cl2NO2/c1-19-9-11-3-5-16(14(18)7-11)21-10-12-8-13(17)4-6-15(12)20-2/h3-8,19H,9-10H2,1-2H3. The molecule has 3 nitrogen and oxygen atoms in total. The molecule has 21 heavy (non-hydrogen) atoms. The maximum Gasteiger partial charge on any atom is 0.138 e. The average molecular weight is 326 g/mol. The van der Waals surface area contributed by atoms with Gasteiger partial charge >= 0.3 is 0 Å². The number of methoxy groups -OCH3 is 1. The molecule has 1 N–H and O–H groups in total. The number of halogens is 2. The van der Waals surface area contributed by atoms with Gasteiger partial charge in [0.05, 0.1) is 12.1 Å². The van der Waals surface area contributed by atoms with Crippen molar-refractivity contribution in [3.8, 4) is 11.5 Å². The third-order valence-electron chi connectivity index (χ3n) is 3.00. The van der Waals surface area contributed by atoms with Crippen molar-refractivity contribution in [1.82, 2.24) is 5.32 Å². The van der Waals surface area contributed by atoms with Crippen molar-refractivity contribution >= 4 is 23.2 Å². The summed E-state index contributed by atoms with van der Waals surface area (Å²) in [6.45, 7) is 1.11. The van der Waals surface area contributed by atoms with E-state index in [9.17, 15) is 0 Å². The van der Waals surface area contributed by atoms with Crippen molar-refractivity contribution in [2.24, 2.45) is 0 Å². The van der Waals surface area contributed by atoms with Crippen LogP contribution < -0.4 is 14.8 Å². The van der Waals surface area contributed by atoms with Gasteiger partial charge in [-0.15, -0.1) is 0 Å². The van der Waals surface area contributed by atoms with E-state index in [1.54, 1.807) is 13.2 Å². The molecule has 0 fully saturated rings. The molecule has 2 rings (SSSR count). The summed E-state index contributed by atoms with van der Waals surface area (Å²) >= 11 is 12.2. The smallest absolute Gasteiger partial charge is 0.138 e. The van der Waals surface area contributed by atoms with Crippen molar-refractivity contribution in [3.63, 3.8) is 0 Å². The normalized spacial score (nSPS) is 10.5. The third-order valence-corrected chi connectivity index (χ3v) is 3.53. The molecule has 0 radical (unpaired) electrons. The first-order valence-corrected chi connectivity index (χ1v) is 7.28. The average Bonchev–Trinajstić information content (AvgIpc) is 2.47. The molecule has 2 aromatic carbocycles. The van der Waals surface area contributed by atoms with Crippen LogP contribution in [0.15, 0.2) is 36.4 Å². The molecular formula is C16H17Cl2NO2. The van der Waals surface area contributed by atoms with Crippen LogP contribution in [-0.2, 0) is 13.2 Å². The first-order valence-electron chi connectivity index (χ1n) is 6.52. The fourth-order valence-corrected chi connectivity index (χ4v) is 2.44.